The van der Waals surface area contributed by atoms with Gasteiger partial charge in [0.25, 0.3) is 0 Å². The minimum absolute atomic E-state index is 0.155. The standard InChI is InChI=1S/C22H26N8O3S/c1-23-17-10-25-19-16(4-5-24-19)18(17)29(2)15-8-13-11-30(12-14(13)9-15)22(31)27-21-26-20(28-34-21)33-7-6-32-3/h4-5,10,13-15H,6-9,11-12H2,2-3H3,(H,24,25)(H,26,27,28,31)/t13-,14+,15?. The van der Waals surface area contributed by atoms with Crippen molar-refractivity contribution in [2.24, 2.45) is 11.8 Å². The summed E-state index contributed by atoms with van der Waals surface area (Å²) in [4.78, 5) is 32.3. The van der Waals surface area contributed by atoms with Crippen LogP contribution >= 0.6 is 11.5 Å². The number of likely N-dealkylation sites (tertiary alicyclic amines) is 1. The number of ether oxygens (including phenoxy) is 2. The van der Waals surface area contributed by atoms with Gasteiger partial charge in [-0.2, -0.15) is 4.98 Å². The third kappa shape index (κ3) is 4.24. The molecular weight excluding hydrogens is 456 g/mol. The highest BCUT2D eigenvalue weighted by molar-refractivity contribution is 7.10. The number of pyridine rings is 1. The van der Waals surface area contributed by atoms with Gasteiger partial charge in [0.2, 0.25) is 10.8 Å². The van der Waals surface area contributed by atoms with Crippen molar-refractivity contribution >= 4 is 45.1 Å². The smallest absolute Gasteiger partial charge is 0.330 e. The van der Waals surface area contributed by atoms with Crippen LogP contribution in [0, 0.1) is 18.4 Å². The topological polar surface area (TPSA) is 113 Å². The second-order valence-corrected chi connectivity index (χ2v) is 9.41. The van der Waals surface area contributed by atoms with E-state index in [0.717, 1.165) is 41.1 Å². The van der Waals surface area contributed by atoms with Crippen LogP contribution in [-0.2, 0) is 4.74 Å². The minimum atomic E-state index is -0.155. The lowest BCUT2D eigenvalue weighted by molar-refractivity contribution is 0.141. The van der Waals surface area contributed by atoms with Crippen LogP contribution < -0.4 is 15.0 Å². The van der Waals surface area contributed by atoms with Gasteiger partial charge in [-0.1, -0.05) is 0 Å². The van der Waals surface area contributed by atoms with Gasteiger partial charge >= 0.3 is 12.0 Å². The van der Waals surface area contributed by atoms with Crippen molar-refractivity contribution in [3.05, 3.63) is 29.9 Å². The Labute approximate surface area is 201 Å². The lowest BCUT2D eigenvalue weighted by atomic mass is 10.0. The highest BCUT2D eigenvalue weighted by Gasteiger charge is 2.44. The van der Waals surface area contributed by atoms with Crippen molar-refractivity contribution in [2.75, 3.05) is 50.7 Å². The first-order valence-corrected chi connectivity index (χ1v) is 11.9. The summed E-state index contributed by atoms with van der Waals surface area (Å²) >= 11 is 1.10. The number of carbonyl (C=O) groups excluding carboxylic acids is 1. The van der Waals surface area contributed by atoms with E-state index in [9.17, 15) is 4.79 Å². The molecule has 1 aliphatic carbocycles. The van der Waals surface area contributed by atoms with Gasteiger partial charge in [0, 0.05) is 62.6 Å². The minimum Gasteiger partial charge on any atom is -0.460 e. The van der Waals surface area contributed by atoms with Crippen LogP contribution in [0.15, 0.2) is 18.5 Å². The molecule has 0 aromatic carbocycles. The van der Waals surface area contributed by atoms with Gasteiger partial charge in [0.15, 0.2) is 0 Å². The molecule has 34 heavy (non-hydrogen) atoms. The Bertz CT molecular complexity index is 1210. The number of anilines is 2. The van der Waals surface area contributed by atoms with Gasteiger partial charge in [-0.3, -0.25) is 10.3 Å². The Morgan fingerprint density at radius 1 is 1.38 bits per heavy atom. The molecule has 0 bridgehead atoms. The second kappa shape index (κ2) is 9.44. The Morgan fingerprint density at radius 3 is 2.91 bits per heavy atom. The molecule has 12 heteroatoms. The largest absolute Gasteiger partial charge is 0.460 e. The molecule has 3 aromatic rings. The van der Waals surface area contributed by atoms with Crippen molar-refractivity contribution in [3.8, 4) is 6.01 Å². The summed E-state index contributed by atoms with van der Waals surface area (Å²) in [5.41, 5.74) is 2.29. The number of amides is 2. The summed E-state index contributed by atoms with van der Waals surface area (Å²) in [6.45, 7) is 9.82. The van der Waals surface area contributed by atoms with Crippen molar-refractivity contribution in [1.82, 2.24) is 24.2 Å². The molecule has 11 nitrogen and oxygen atoms in total. The van der Waals surface area contributed by atoms with Crippen molar-refractivity contribution in [3.63, 3.8) is 0 Å². The Balaban J connectivity index is 1.19. The van der Waals surface area contributed by atoms with E-state index in [2.05, 4.69) is 41.4 Å². The normalized spacial score (nSPS) is 21.4. The Morgan fingerprint density at radius 2 is 2.18 bits per heavy atom. The van der Waals surface area contributed by atoms with E-state index < -0.39 is 0 Å². The van der Waals surface area contributed by atoms with E-state index in [1.54, 1.807) is 13.3 Å². The molecule has 0 radical (unpaired) electrons. The Kier molecular flexibility index (Phi) is 6.21. The van der Waals surface area contributed by atoms with Crippen molar-refractivity contribution in [1.29, 1.82) is 0 Å². The lowest BCUT2D eigenvalue weighted by Gasteiger charge is -2.30. The third-order valence-electron chi connectivity index (χ3n) is 6.71. The first-order valence-electron chi connectivity index (χ1n) is 11.1. The quantitative estimate of drug-likeness (QED) is 0.392. The highest BCUT2D eigenvalue weighted by Crippen LogP contribution is 2.44. The average molecular weight is 483 g/mol. The summed E-state index contributed by atoms with van der Waals surface area (Å²) < 4.78 is 14.4. The molecule has 2 fully saturated rings. The van der Waals surface area contributed by atoms with Gasteiger partial charge in [0.1, 0.15) is 12.3 Å². The van der Waals surface area contributed by atoms with Crippen LogP contribution in [0.5, 0.6) is 6.01 Å². The molecule has 3 atom stereocenters. The molecule has 5 rings (SSSR count). The fourth-order valence-corrected chi connectivity index (χ4v) is 5.58. The molecule has 2 amide bonds. The summed E-state index contributed by atoms with van der Waals surface area (Å²) in [6, 6.07) is 2.38. The van der Waals surface area contributed by atoms with Crippen LogP contribution in [0.25, 0.3) is 15.9 Å². The van der Waals surface area contributed by atoms with Gasteiger partial charge < -0.3 is 24.3 Å². The molecule has 2 N–H and O–H groups in total. The summed E-state index contributed by atoms with van der Waals surface area (Å²) in [5.74, 6) is 0.862. The van der Waals surface area contributed by atoms with Gasteiger partial charge in [-0.25, -0.2) is 9.64 Å². The summed E-state index contributed by atoms with van der Waals surface area (Å²) in [5, 5.41) is 4.23. The third-order valence-corrected chi connectivity index (χ3v) is 7.33. The molecule has 1 unspecified atom stereocenters. The molecule has 1 aliphatic heterocycles. The molecule has 1 saturated heterocycles. The van der Waals surface area contributed by atoms with E-state index in [-0.39, 0.29) is 12.0 Å². The van der Waals surface area contributed by atoms with E-state index in [1.165, 1.54) is 0 Å². The predicted octanol–water partition coefficient (Wildman–Crippen LogP) is 3.37. The monoisotopic (exact) mass is 482 g/mol. The van der Waals surface area contributed by atoms with Crippen molar-refractivity contribution < 1.29 is 14.3 Å². The number of hydrogen-bond acceptors (Lipinski definition) is 8. The number of H-pyrrole nitrogens is 1. The van der Waals surface area contributed by atoms with E-state index in [1.807, 2.05) is 17.2 Å². The molecule has 3 aromatic heterocycles. The zero-order valence-corrected chi connectivity index (χ0v) is 19.8. The van der Waals surface area contributed by atoms with E-state index >= 15 is 0 Å². The van der Waals surface area contributed by atoms with Crippen LogP contribution in [0.4, 0.5) is 21.3 Å². The number of nitrogens with one attached hydrogen (secondary N) is 2. The first kappa shape index (κ1) is 22.4. The van der Waals surface area contributed by atoms with Crippen LogP contribution in [0.2, 0.25) is 0 Å². The number of aromatic amines is 1. The molecule has 4 heterocycles. The predicted molar refractivity (Wildman–Crippen MR) is 129 cm³/mol. The zero-order valence-electron chi connectivity index (χ0n) is 19.0. The first-order chi connectivity index (χ1) is 16.6. The van der Waals surface area contributed by atoms with Gasteiger partial charge in [-0.05, 0) is 30.7 Å². The van der Waals surface area contributed by atoms with Crippen LogP contribution in [0.3, 0.4) is 0 Å². The maximum absolute atomic E-state index is 12.8. The number of methoxy groups -OCH3 is 1. The summed E-state index contributed by atoms with van der Waals surface area (Å²) in [7, 11) is 3.66. The SMILES string of the molecule is [C-]#[N+]c1cnc2[nH]ccc2c1N(C)C1C[C@@H]2CN(C(=O)Nc3nc(OCCOC)ns3)C[C@@H]2C1. The van der Waals surface area contributed by atoms with E-state index in [4.69, 9.17) is 16.0 Å². The Hall–Kier alpha value is -3.43. The zero-order chi connectivity index (χ0) is 23.7. The lowest BCUT2D eigenvalue weighted by Crippen LogP contribution is -2.36. The molecule has 0 spiro atoms. The van der Waals surface area contributed by atoms with E-state index in [0.29, 0.717) is 55.0 Å². The molecule has 2 aliphatic rings. The number of aromatic nitrogens is 4. The number of fused-ring (bicyclic) bond motifs is 2. The number of carbonyl (C=O) groups is 1. The molecule has 178 valence electrons. The van der Waals surface area contributed by atoms with Gasteiger partial charge in [-0.15, -0.1) is 4.37 Å². The molecule has 1 saturated carbocycles. The fourth-order valence-electron chi connectivity index (χ4n) is 5.07. The van der Waals surface area contributed by atoms with Gasteiger partial charge in [0.05, 0.1) is 18.9 Å². The van der Waals surface area contributed by atoms with Crippen LogP contribution in [0.1, 0.15) is 12.8 Å². The maximum Gasteiger partial charge on any atom is 0.330 e. The molecular formula is C22H26N8O3S. The number of nitrogens with zero attached hydrogens (tertiary/aromatic N) is 6. The number of hydrogen-bond donors (Lipinski definition) is 2. The second-order valence-electron chi connectivity index (χ2n) is 8.66. The number of rotatable bonds is 7. The van der Waals surface area contributed by atoms with Crippen LogP contribution in [-0.4, -0.2) is 76.8 Å². The maximum atomic E-state index is 12.8. The number of urea groups is 1. The fraction of sp³-hybridized carbons (Fsp3) is 0.500. The average Bonchev–Trinajstić information content (AvgIpc) is 3.61. The van der Waals surface area contributed by atoms with Crippen molar-refractivity contribution in [2.45, 2.75) is 18.9 Å². The highest BCUT2D eigenvalue weighted by atomic mass is 32.1. The summed E-state index contributed by atoms with van der Waals surface area (Å²) in [6.07, 6.45) is 5.45.